The average Bonchev–Trinajstić information content (AvgIpc) is 3.12. The molecule has 0 unspecified atom stereocenters. The zero-order valence-electron chi connectivity index (χ0n) is 17.4. The normalized spacial score (nSPS) is 14.5. The lowest BCUT2D eigenvalue weighted by Crippen LogP contribution is -2.47. The molecule has 1 aliphatic rings. The van der Waals surface area contributed by atoms with Crippen LogP contribution in [0.3, 0.4) is 0 Å². The Morgan fingerprint density at radius 3 is 2.23 bits per heavy atom. The first kappa shape index (κ1) is 18.4. The summed E-state index contributed by atoms with van der Waals surface area (Å²) in [6.07, 6.45) is 0. The van der Waals surface area contributed by atoms with E-state index < -0.39 is 0 Å². The van der Waals surface area contributed by atoms with Crippen LogP contribution in [-0.2, 0) is 0 Å². The molecule has 4 heterocycles. The summed E-state index contributed by atoms with van der Waals surface area (Å²) >= 11 is 0. The third kappa shape index (κ3) is 2.92. The van der Waals surface area contributed by atoms with E-state index in [1.54, 1.807) is 0 Å². The Kier molecular flexibility index (Phi) is 4.28. The highest BCUT2D eigenvalue weighted by Crippen LogP contribution is 2.29. The molecule has 0 atom stereocenters. The van der Waals surface area contributed by atoms with E-state index in [-0.39, 0.29) is 0 Å². The molecule has 5 rings (SSSR count). The van der Waals surface area contributed by atoms with Gasteiger partial charge in [-0.1, -0.05) is 12.1 Å². The first-order valence-electron chi connectivity index (χ1n) is 10.2. The summed E-state index contributed by atoms with van der Waals surface area (Å²) in [5.41, 5.74) is 6.24. The second-order valence-corrected chi connectivity index (χ2v) is 7.86. The second-order valence-electron chi connectivity index (χ2n) is 7.86. The molecule has 0 spiro atoms. The van der Waals surface area contributed by atoms with Crippen LogP contribution in [0.4, 0.5) is 11.8 Å². The van der Waals surface area contributed by atoms with Crippen molar-refractivity contribution in [1.29, 1.82) is 5.26 Å². The van der Waals surface area contributed by atoms with Gasteiger partial charge in [-0.25, -0.2) is 15.0 Å². The Hall–Kier alpha value is -3.66. The maximum atomic E-state index is 9.71. The Labute approximate surface area is 175 Å². The van der Waals surface area contributed by atoms with Crippen molar-refractivity contribution in [2.24, 2.45) is 0 Å². The fourth-order valence-electron chi connectivity index (χ4n) is 4.29. The van der Waals surface area contributed by atoms with Gasteiger partial charge in [-0.3, -0.25) is 4.40 Å². The number of aromatic nitrogens is 4. The smallest absolute Gasteiger partial charge is 0.225 e. The summed E-state index contributed by atoms with van der Waals surface area (Å²) in [4.78, 5) is 18.6. The number of anilines is 2. The maximum absolute atomic E-state index is 9.71. The van der Waals surface area contributed by atoms with Crippen molar-refractivity contribution < 1.29 is 0 Å². The minimum absolute atomic E-state index is 0.636. The molecule has 1 aromatic carbocycles. The van der Waals surface area contributed by atoms with Crippen LogP contribution in [0.15, 0.2) is 36.4 Å². The molecule has 150 valence electrons. The lowest BCUT2D eigenvalue weighted by molar-refractivity contribution is 0.631. The highest BCUT2D eigenvalue weighted by atomic mass is 15.3. The minimum Gasteiger partial charge on any atom is -0.354 e. The Balaban J connectivity index is 1.54. The number of pyridine rings is 1. The monoisotopic (exact) mass is 397 g/mol. The highest BCUT2D eigenvalue weighted by Gasteiger charge is 2.24. The summed E-state index contributed by atoms with van der Waals surface area (Å²) < 4.78 is 2.13. The van der Waals surface area contributed by atoms with Gasteiger partial charge in [0.05, 0.1) is 16.6 Å². The van der Waals surface area contributed by atoms with Gasteiger partial charge in [0.25, 0.3) is 0 Å². The number of aryl methyl sites for hydroxylation is 3. The summed E-state index contributed by atoms with van der Waals surface area (Å²) in [5.74, 6) is 1.89. The zero-order valence-corrected chi connectivity index (χ0v) is 17.4. The molecule has 0 aliphatic carbocycles. The van der Waals surface area contributed by atoms with Gasteiger partial charge >= 0.3 is 0 Å². The van der Waals surface area contributed by atoms with Crippen molar-refractivity contribution >= 4 is 28.4 Å². The number of nitriles is 1. The number of benzene rings is 1. The third-order valence-electron chi connectivity index (χ3n) is 5.72. The third-order valence-corrected chi connectivity index (χ3v) is 5.72. The number of fused-ring (bicyclic) bond motifs is 3. The van der Waals surface area contributed by atoms with Crippen molar-refractivity contribution in [3.05, 3.63) is 58.9 Å². The van der Waals surface area contributed by atoms with Crippen LogP contribution in [0.1, 0.15) is 22.5 Å². The van der Waals surface area contributed by atoms with Gasteiger partial charge < -0.3 is 9.80 Å². The number of piperazine rings is 1. The minimum atomic E-state index is 0.636. The summed E-state index contributed by atoms with van der Waals surface area (Å²) in [5, 5.41) is 9.71. The van der Waals surface area contributed by atoms with Crippen molar-refractivity contribution in [2.75, 3.05) is 36.0 Å². The molecule has 0 amide bonds. The number of para-hydroxylation sites is 2. The molecule has 1 aliphatic heterocycles. The number of nitrogens with zero attached hydrogens (tertiary/aromatic N) is 7. The Bertz CT molecular complexity index is 1290. The molecule has 0 N–H and O–H groups in total. The quantitative estimate of drug-likeness (QED) is 0.516. The predicted octanol–water partition coefficient (Wildman–Crippen LogP) is 3.40. The van der Waals surface area contributed by atoms with E-state index in [1.807, 2.05) is 45.0 Å². The second kappa shape index (κ2) is 6.99. The number of rotatable bonds is 2. The van der Waals surface area contributed by atoms with E-state index >= 15 is 0 Å². The molecule has 7 heteroatoms. The number of hydrogen-bond donors (Lipinski definition) is 0. The van der Waals surface area contributed by atoms with E-state index in [0.717, 1.165) is 71.6 Å². The standard InChI is InChI=1S/C23H23N7/c1-15-12-21(30-20-7-5-4-6-19(20)27-22(30)18(15)14-24)28-8-10-29(11-9-28)23-25-16(2)13-17(3)26-23/h4-7,12-13H,8-11H2,1-3H3. The van der Waals surface area contributed by atoms with Crippen LogP contribution in [0.2, 0.25) is 0 Å². The molecule has 0 saturated carbocycles. The van der Waals surface area contributed by atoms with Gasteiger partial charge in [-0.05, 0) is 50.6 Å². The van der Waals surface area contributed by atoms with E-state index in [4.69, 9.17) is 4.98 Å². The average molecular weight is 397 g/mol. The van der Waals surface area contributed by atoms with Crippen molar-refractivity contribution in [1.82, 2.24) is 19.4 Å². The molecule has 30 heavy (non-hydrogen) atoms. The summed E-state index contributed by atoms with van der Waals surface area (Å²) in [6, 6.07) is 14.5. The molecule has 0 radical (unpaired) electrons. The first-order chi connectivity index (χ1) is 14.5. The number of hydrogen-bond acceptors (Lipinski definition) is 6. The van der Waals surface area contributed by atoms with Crippen LogP contribution in [0, 0.1) is 32.1 Å². The zero-order chi connectivity index (χ0) is 20.8. The lowest BCUT2D eigenvalue weighted by Gasteiger charge is -2.36. The topological polar surface area (TPSA) is 73.4 Å². The van der Waals surface area contributed by atoms with Crippen molar-refractivity contribution in [3.63, 3.8) is 0 Å². The maximum Gasteiger partial charge on any atom is 0.225 e. The molecule has 3 aromatic heterocycles. The van der Waals surface area contributed by atoms with E-state index in [1.165, 1.54) is 0 Å². The van der Waals surface area contributed by atoms with Crippen LogP contribution in [-0.4, -0.2) is 45.5 Å². The summed E-state index contributed by atoms with van der Waals surface area (Å²) in [7, 11) is 0. The van der Waals surface area contributed by atoms with Crippen LogP contribution < -0.4 is 9.80 Å². The van der Waals surface area contributed by atoms with Crippen LogP contribution >= 0.6 is 0 Å². The van der Waals surface area contributed by atoms with E-state index in [2.05, 4.69) is 42.4 Å². The molecule has 1 saturated heterocycles. The Morgan fingerprint density at radius 1 is 0.867 bits per heavy atom. The van der Waals surface area contributed by atoms with Gasteiger partial charge in [0.2, 0.25) is 5.95 Å². The van der Waals surface area contributed by atoms with E-state index in [9.17, 15) is 5.26 Å². The van der Waals surface area contributed by atoms with Gasteiger partial charge in [-0.2, -0.15) is 5.26 Å². The van der Waals surface area contributed by atoms with Gasteiger partial charge in [-0.15, -0.1) is 0 Å². The van der Waals surface area contributed by atoms with Gasteiger partial charge in [0.15, 0.2) is 5.65 Å². The van der Waals surface area contributed by atoms with Gasteiger partial charge in [0.1, 0.15) is 11.9 Å². The molecule has 1 fully saturated rings. The molecule has 4 aromatic rings. The fourth-order valence-corrected chi connectivity index (χ4v) is 4.29. The molecular weight excluding hydrogens is 374 g/mol. The molecule has 0 bridgehead atoms. The first-order valence-corrected chi connectivity index (χ1v) is 10.2. The van der Waals surface area contributed by atoms with Gasteiger partial charge in [0, 0.05) is 37.6 Å². The van der Waals surface area contributed by atoms with Crippen LogP contribution in [0.5, 0.6) is 0 Å². The SMILES string of the molecule is Cc1cc(C)nc(N2CCN(c3cc(C)c(C#N)c4nc5ccccc5n34)CC2)n1. The largest absolute Gasteiger partial charge is 0.354 e. The predicted molar refractivity (Wildman–Crippen MR) is 118 cm³/mol. The fraction of sp³-hybridized carbons (Fsp3) is 0.304. The van der Waals surface area contributed by atoms with Crippen LogP contribution in [0.25, 0.3) is 16.7 Å². The Morgan fingerprint density at radius 2 is 1.53 bits per heavy atom. The van der Waals surface area contributed by atoms with E-state index in [0.29, 0.717) is 5.56 Å². The highest BCUT2D eigenvalue weighted by molar-refractivity contribution is 5.85. The molecule has 7 nitrogen and oxygen atoms in total. The molecular formula is C23H23N7. The summed E-state index contributed by atoms with van der Waals surface area (Å²) in [6.45, 7) is 9.39. The van der Waals surface area contributed by atoms with Crippen molar-refractivity contribution in [3.8, 4) is 6.07 Å². The number of imidazole rings is 1. The van der Waals surface area contributed by atoms with Crippen molar-refractivity contribution in [2.45, 2.75) is 20.8 Å². The lowest BCUT2D eigenvalue weighted by atomic mass is 10.1.